The summed E-state index contributed by atoms with van der Waals surface area (Å²) < 4.78 is 0. The molecule has 0 radical (unpaired) electrons. The minimum atomic E-state index is -1.28. The van der Waals surface area contributed by atoms with E-state index in [0.29, 0.717) is 6.54 Å². The van der Waals surface area contributed by atoms with E-state index in [2.05, 4.69) is 26.3 Å². The molecule has 0 spiro atoms. The van der Waals surface area contributed by atoms with Crippen molar-refractivity contribution in [3.8, 4) is 0 Å². The highest BCUT2D eigenvalue weighted by atomic mass is 16.3. The first-order chi connectivity index (χ1) is 21.2. The highest BCUT2D eigenvalue weighted by Gasteiger charge is 2.31. The number of aliphatic hydroxyl groups is 1. The average molecular weight is 602 g/mol. The lowest BCUT2D eigenvalue weighted by Crippen LogP contribution is -2.56. The van der Waals surface area contributed by atoms with Crippen LogP contribution in [0.2, 0.25) is 0 Å². The molecule has 1 heterocycles. The number of nitrogens with one attached hydrogen (secondary N) is 4. The normalized spacial score (nSPS) is 13.7. The topological polar surface area (TPSA) is 150 Å². The third-order valence-electron chi connectivity index (χ3n) is 7.10. The Morgan fingerprint density at radius 2 is 1.39 bits per heavy atom. The van der Waals surface area contributed by atoms with Crippen LogP contribution in [-0.4, -0.2) is 64.5 Å². The fraction of sp³-hybridized carbons (Fsp3) is 0.382. The van der Waals surface area contributed by atoms with Gasteiger partial charge in [0.15, 0.2) is 0 Å². The first kappa shape index (κ1) is 33.9. The van der Waals surface area contributed by atoms with Crippen molar-refractivity contribution in [2.24, 2.45) is 5.92 Å². The molecule has 3 aromatic rings. The number of carbonyl (C=O) groups excluding carboxylic acids is 4. The van der Waals surface area contributed by atoms with E-state index in [-0.39, 0.29) is 36.8 Å². The van der Waals surface area contributed by atoms with Crippen LogP contribution >= 0.6 is 0 Å². The van der Waals surface area contributed by atoms with Crippen LogP contribution in [0.15, 0.2) is 85.1 Å². The largest absolute Gasteiger partial charge is 0.390 e. The van der Waals surface area contributed by atoms with E-state index < -0.39 is 42.0 Å². The molecule has 44 heavy (non-hydrogen) atoms. The predicted molar refractivity (Wildman–Crippen MR) is 168 cm³/mol. The van der Waals surface area contributed by atoms with E-state index in [0.717, 1.165) is 17.5 Å². The SMILES string of the molecule is CCCNC(=O)[C@@H](Cc1ccccc1)NC(=O)C[C@H](O)[C@H](Cc1ccccc1)NC(=O)[C@@H](NC(=O)c1ccccn1)C(C)C. The van der Waals surface area contributed by atoms with Gasteiger partial charge >= 0.3 is 0 Å². The zero-order chi connectivity index (χ0) is 31.9. The maximum absolute atomic E-state index is 13.5. The van der Waals surface area contributed by atoms with E-state index >= 15 is 0 Å². The molecular weight excluding hydrogens is 558 g/mol. The fourth-order valence-corrected chi connectivity index (χ4v) is 4.69. The van der Waals surface area contributed by atoms with E-state index in [9.17, 15) is 24.3 Å². The summed E-state index contributed by atoms with van der Waals surface area (Å²) in [7, 11) is 0. The van der Waals surface area contributed by atoms with Gasteiger partial charge in [-0.05, 0) is 42.0 Å². The maximum atomic E-state index is 13.5. The number of amides is 4. The van der Waals surface area contributed by atoms with Gasteiger partial charge in [0, 0.05) is 19.2 Å². The number of pyridine rings is 1. The van der Waals surface area contributed by atoms with Crippen molar-refractivity contribution < 1.29 is 24.3 Å². The highest BCUT2D eigenvalue weighted by molar-refractivity contribution is 5.96. The molecule has 10 heteroatoms. The van der Waals surface area contributed by atoms with Crippen molar-refractivity contribution in [2.75, 3.05) is 6.54 Å². The van der Waals surface area contributed by atoms with Crippen LogP contribution in [0.4, 0.5) is 0 Å². The van der Waals surface area contributed by atoms with Gasteiger partial charge < -0.3 is 26.4 Å². The molecule has 0 fully saturated rings. The molecular formula is C34H43N5O5. The summed E-state index contributed by atoms with van der Waals surface area (Å²) in [4.78, 5) is 56.4. The van der Waals surface area contributed by atoms with Crippen LogP contribution in [-0.2, 0) is 27.2 Å². The van der Waals surface area contributed by atoms with E-state index in [1.807, 2.05) is 67.6 Å². The van der Waals surface area contributed by atoms with Crippen LogP contribution in [0.1, 0.15) is 55.2 Å². The Morgan fingerprint density at radius 3 is 1.95 bits per heavy atom. The third kappa shape index (κ3) is 10.9. The van der Waals surface area contributed by atoms with Crippen molar-refractivity contribution in [3.05, 3.63) is 102 Å². The van der Waals surface area contributed by atoms with E-state index in [4.69, 9.17) is 0 Å². The van der Waals surface area contributed by atoms with Gasteiger partial charge in [0.25, 0.3) is 5.91 Å². The summed E-state index contributed by atoms with van der Waals surface area (Å²) in [6.07, 6.45) is 1.14. The summed E-state index contributed by atoms with van der Waals surface area (Å²) in [6.45, 7) is 6.02. The number of nitrogens with zero attached hydrogens (tertiary/aromatic N) is 1. The number of aliphatic hydroxyl groups excluding tert-OH is 1. The minimum absolute atomic E-state index is 0.177. The molecule has 0 aliphatic rings. The fourth-order valence-electron chi connectivity index (χ4n) is 4.69. The molecule has 10 nitrogen and oxygen atoms in total. The molecule has 0 aliphatic heterocycles. The summed E-state index contributed by atoms with van der Waals surface area (Å²) in [5.41, 5.74) is 1.90. The monoisotopic (exact) mass is 601 g/mol. The molecule has 1 aromatic heterocycles. The Bertz CT molecular complexity index is 1340. The maximum Gasteiger partial charge on any atom is 0.270 e. The summed E-state index contributed by atoms with van der Waals surface area (Å²) >= 11 is 0. The van der Waals surface area contributed by atoms with Crippen LogP contribution < -0.4 is 21.3 Å². The Labute approximate surface area is 259 Å². The Hall–Kier alpha value is -4.57. The minimum Gasteiger partial charge on any atom is -0.390 e. The first-order valence-corrected chi connectivity index (χ1v) is 15.0. The molecule has 4 amide bonds. The predicted octanol–water partition coefficient (Wildman–Crippen LogP) is 2.57. The van der Waals surface area contributed by atoms with Crippen molar-refractivity contribution >= 4 is 23.6 Å². The summed E-state index contributed by atoms with van der Waals surface area (Å²) in [6, 6.07) is 21.0. The van der Waals surface area contributed by atoms with Gasteiger partial charge in [0.05, 0.1) is 18.6 Å². The molecule has 4 atom stereocenters. The van der Waals surface area contributed by atoms with Gasteiger partial charge in [-0.25, -0.2) is 0 Å². The van der Waals surface area contributed by atoms with Crippen LogP contribution in [0.5, 0.6) is 0 Å². The molecule has 3 rings (SSSR count). The summed E-state index contributed by atoms with van der Waals surface area (Å²) in [5.74, 6) is -2.10. The van der Waals surface area contributed by atoms with Gasteiger partial charge in [0.1, 0.15) is 17.8 Å². The molecule has 5 N–H and O–H groups in total. The standard InChI is InChI=1S/C34H43N5O5/c1-4-18-36-32(42)28(21-25-15-9-6-10-16-25)37-30(41)22-29(40)27(20-24-13-7-5-8-14-24)38-34(44)31(23(2)3)39-33(43)26-17-11-12-19-35-26/h5-17,19,23,27-29,31,40H,4,18,20-22H2,1-3H3,(H,36,42)(H,37,41)(H,38,44)(H,39,43)/t27-,28+,29-,31-/m0/s1. The van der Waals surface area contributed by atoms with E-state index in [1.54, 1.807) is 32.0 Å². The number of rotatable bonds is 16. The molecule has 0 aliphatic carbocycles. The lowest BCUT2D eigenvalue weighted by atomic mass is 9.96. The zero-order valence-electron chi connectivity index (χ0n) is 25.5. The van der Waals surface area contributed by atoms with Gasteiger partial charge in [-0.1, -0.05) is 87.5 Å². The van der Waals surface area contributed by atoms with Crippen LogP contribution in [0.3, 0.4) is 0 Å². The number of benzene rings is 2. The van der Waals surface area contributed by atoms with Gasteiger partial charge in [0.2, 0.25) is 17.7 Å². The van der Waals surface area contributed by atoms with Gasteiger partial charge in [-0.2, -0.15) is 0 Å². The Kier molecular flexibility index (Phi) is 13.5. The second kappa shape index (κ2) is 17.5. The van der Waals surface area contributed by atoms with Crippen LogP contribution in [0.25, 0.3) is 0 Å². The first-order valence-electron chi connectivity index (χ1n) is 15.0. The lowest BCUT2D eigenvalue weighted by Gasteiger charge is -2.29. The lowest BCUT2D eigenvalue weighted by molar-refractivity contribution is -0.131. The quantitative estimate of drug-likeness (QED) is 0.170. The van der Waals surface area contributed by atoms with Gasteiger partial charge in [-0.3, -0.25) is 24.2 Å². The molecule has 0 saturated heterocycles. The zero-order valence-corrected chi connectivity index (χ0v) is 25.5. The van der Waals surface area contributed by atoms with Crippen molar-refractivity contribution in [3.63, 3.8) is 0 Å². The second-order valence-electron chi connectivity index (χ2n) is 11.1. The van der Waals surface area contributed by atoms with Gasteiger partial charge in [-0.15, -0.1) is 0 Å². The Balaban J connectivity index is 1.74. The Morgan fingerprint density at radius 1 is 0.773 bits per heavy atom. The molecule has 0 saturated carbocycles. The number of hydrogen-bond donors (Lipinski definition) is 5. The van der Waals surface area contributed by atoms with Crippen molar-refractivity contribution in [2.45, 2.75) is 70.7 Å². The number of hydrogen-bond acceptors (Lipinski definition) is 6. The molecule has 0 bridgehead atoms. The number of carbonyl (C=O) groups is 4. The smallest absolute Gasteiger partial charge is 0.270 e. The third-order valence-corrected chi connectivity index (χ3v) is 7.10. The van der Waals surface area contributed by atoms with Crippen molar-refractivity contribution in [1.82, 2.24) is 26.3 Å². The van der Waals surface area contributed by atoms with Crippen LogP contribution in [0, 0.1) is 5.92 Å². The average Bonchev–Trinajstić information content (AvgIpc) is 3.02. The molecule has 234 valence electrons. The molecule has 2 aromatic carbocycles. The number of aromatic nitrogens is 1. The molecule has 0 unspecified atom stereocenters. The second-order valence-corrected chi connectivity index (χ2v) is 11.1. The van der Waals surface area contributed by atoms with E-state index in [1.165, 1.54) is 6.20 Å². The van der Waals surface area contributed by atoms with Crippen molar-refractivity contribution in [1.29, 1.82) is 0 Å². The highest BCUT2D eigenvalue weighted by Crippen LogP contribution is 2.12. The summed E-state index contributed by atoms with van der Waals surface area (Å²) in [5, 5.41) is 22.5.